The molecule has 2 atom stereocenters. The SMILES string of the molecule is Cc1cc(-c2nc(OC(C)C)c3c(N4CC5CCC(C5)C4)nc(OCC4(CN5CCN(C)CC5)CC4)nc3c2F)c2c(C#C[Si](C(C)C)(C(C)C)C(C)C)c(F)ccc2c1. The lowest BCUT2D eigenvalue weighted by molar-refractivity contribution is 0.107. The molecule has 2 bridgehead atoms. The predicted octanol–water partition coefficient (Wildman–Crippen LogP) is 10.4. The number of rotatable bonds is 12. The number of benzene rings is 2. The average Bonchev–Trinajstić information content (AvgIpc) is 3.88. The summed E-state index contributed by atoms with van der Waals surface area (Å²) in [6, 6.07) is 7.34. The van der Waals surface area contributed by atoms with Crippen LogP contribution in [0.2, 0.25) is 16.6 Å². The van der Waals surface area contributed by atoms with E-state index in [2.05, 4.69) is 74.8 Å². The lowest BCUT2D eigenvalue weighted by Gasteiger charge is -2.38. The zero-order valence-electron chi connectivity index (χ0n) is 37.7. The zero-order valence-corrected chi connectivity index (χ0v) is 38.7. The van der Waals surface area contributed by atoms with E-state index in [1.807, 2.05) is 32.9 Å². The minimum Gasteiger partial charge on any atom is -0.474 e. The Balaban J connectivity index is 1.31. The Morgan fingerprint density at radius 3 is 2.15 bits per heavy atom. The van der Waals surface area contributed by atoms with E-state index in [4.69, 9.17) is 24.4 Å². The molecule has 4 fully saturated rings. The Hall–Kier alpha value is -3.85. The number of aromatic nitrogens is 3. The molecule has 8 nitrogen and oxygen atoms in total. The van der Waals surface area contributed by atoms with E-state index in [1.54, 1.807) is 6.07 Å². The molecule has 4 aromatic rings. The maximum absolute atomic E-state index is 18.0. The third-order valence-corrected chi connectivity index (χ3v) is 20.6. The Kier molecular flexibility index (Phi) is 12.0. The zero-order chi connectivity index (χ0) is 42.7. The highest BCUT2D eigenvalue weighted by Crippen LogP contribution is 2.48. The van der Waals surface area contributed by atoms with Gasteiger partial charge in [0.25, 0.3) is 0 Å². The molecule has 8 rings (SSSR count). The van der Waals surface area contributed by atoms with Gasteiger partial charge in [-0.15, -0.1) is 5.54 Å². The molecule has 0 radical (unpaired) electrons. The van der Waals surface area contributed by atoms with E-state index in [1.165, 1.54) is 25.3 Å². The van der Waals surface area contributed by atoms with Crippen LogP contribution in [0.5, 0.6) is 11.9 Å². The van der Waals surface area contributed by atoms with Crippen LogP contribution < -0.4 is 14.4 Å². The van der Waals surface area contributed by atoms with Crippen molar-refractivity contribution in [3.05, 3.63) is 47.0 Å². The van der Waals surface area contributed by atoms with Crippen LogP contribution in [-0.2, 0) is 0 Å². The third-order valence-electron chi connectivity index (χ3n) is 14.3. The van der Waals surface area contributed by atoms with E-state index >= 15 is 8.78 Å². The fourth-order valence-electron chi connectivity index (χ4n) is 11.0. The number of halogens is 2. The van der Waals surface area contributed by atoms with E-state index in [0.29, 0.717) is 57.2 Å². The molecular weight excluding hydrogens is 771 g/mol. The molecule has 322 valence electrons. The molecule has 2 aliphatic heterocycles. The molecule has 2 saturated heterocycles. The van der Waals surface area contributed by atoms with E-state index in [0.717, 1.165) is 69.6 Å². The normalized spacial score (nSPS) is 20.8. The smallest absolute Gasteiger partial charge is 0.319 e. The van der Waals surface area contributed by atoms with Crippen molar-refractivity contribution in [1.29, 1.82) is 0 Å². The highest BCUT2D eigenvalue weighted by molar-refractivity contribution is 6.90. The first-order valence-electron chi connectivity index (χ1n) is 22.7. The molecule has 2 aromatic heterocycles. The van der Waals surface area contributed by atoms with Gasteiger partial charge < -0.3 is 24.2 Å². The van der Waals surface area contributed by atoms with E-state index in [-0.39, 0.29) is 40.2 Å². The van der Waals surface area contributed by atoms with Crippen molar-refractivity contribution in [1.82, 2.24) is 24.8 Å². The molecular formula is C49H66F2N6O2Si. The molecule has 11 heteroatoms. The monoisotopic (exact) mass is 836 g/mol. The Labute approximate surface area is 357 Å². The number of ether oxygens (including phenoxy) is 2. The fourth-order valence-corrected chi connectivity index (χ4v) is 16.2. The first-order chi connectivity index (χ1) is 28.6. The van der Waals surface area contributed by atoms with Gasteiger partial charge in [0, 0.05) is 62.2 Å². The maximum atomic E-state index is 18.0. The Morgan fingerprint density at radius 1 is 0.867 bits per heavy atom. The minimum absolute atomic E-state index is 0.0373. The third kappa shape index (κ3) is 8.25. The summed E-state index contributed by atoms with van der Waals surface area (Å²) >= 11 is 0. The quantitative estimate of drug-likeness (QED) is 0.103. The van der Waals surface area contributed by atoms with Crippen molar-refractivity contribution >= 4 is 35.6 Å². The van der Waals surface area contributed by atoms with Gasteiger partial charge in [0.05, 0.1) is 18.3 Å². The van der Waals surface area contributed by atoms with Gasteiger partial charge in [-0.25, -0.2) is 13.8 Å². The van der Waals surface area contributed by atoms with Crippen LogP contribution in [0.1, 0.15) is 98.6 Å². The van der Waals surface area contributed by atoms with Gasteiger partial charge >= 0.3 is 6.01 Å². The first kappa shape index (κ1) is 42.8. The molecule has 60 heavy (non-hydrogen) atoms. The average molecular weight is 837 g/mol. The first-order valence-corrected chi connectivity index (χ1v) is 24.9. The molecule has 2 aromatic carbocycles. The molecule has 2 aliphatic carbocycles. The summed E-state index contributed by atoms with van der Waals surface area (Å²) in [7, 11) is -0.0681. The van der Waals surface area contributed by atoms with Crippen molar-refractivity contribution in [2.75, 3.05) is 64.4 Å². The highest BCUT2D eigenvalue weighted by atomic mass is 28.3. The number of aryl methyl sites for hydroxylation is 1. The van der Waals surface area contributed by atoms with Crippen LogP contribution in [0.15, 0.2) is 24.3 Å². The van der Waals surface area contributed by atoms with E-state index in [9.17, 15) is 0 Å². The largest absolute Gasteiger partial charge is 0.474 e. The number of piperazine rings is 1. The molecule has 0 spiro atoms. The van der Waals surface area contributed by atoms with Crippen LogP contribution in [0.3, 0.4) is 0 Å². The van der Waals surface area contributed by atoms with Crippen LogP contribution in [0.4, 0.5) is 14.6 Å². The number of likely N-dealkylation sites (N-methyl/N-ethyl adjacent to an activating group) is 1. The molecule has 2 saturated carbocycles. The molecule has 2 unspecified atom stereocenters. The summed E-state index contributed by atoms with van der Waals surface area (Å²) in [6.07, 6.45) is 5.49. The molecule has 4 heterocycles. The summed E-state index contributed by atoms with van der Waals surface area (Å²) in [5.41, 5.74) is 6.68. The van der Waals surface area contributed by atoms with Gasteiger partial charge in [0.2, 0.25) is 5.88 Å². The summed E-state index contributed by atoms with van der Waals surface area (Å²) in [4.78, 5) is 22.3. The van der Waals surface area contributed by atoms with Crippen molar-refractivity contribution in [3.63, 3.8) is 0 Å². The molecule has 0 N–H and O–H groups in total. The van der Waals surface area contributed by atoms with Gasteiger partial charge in [-0.3, -0.25) is 0 Å². The van der Waals surface area contributed by atoms with Crippen LogP contribution in [0, 0.1) is 47.3 Å². The van der Waals surface area contributed by atoms with Crippen LogP contribution in [0.25, 0.3) is 32.9 Å². The number of nitrogens with zero attached hydrogens (tertiary/aromatic N) is 6. The summed E-state index contributed by atoms with van der Waals surface area (Å²) < 4.78 is 47.5. The van der Waals surface area contributed by atoms with Gasteiger partial charge in [0.1, 0.15) is 36.3 Å². The van der Waals surface area contributed by atoms with Crippen molar-refractivity contribution in [3.8, 4) is 34.6 Å². The Bertz CT molecular complexity index is 2270. The lowest BCUT2D eigenvalue weighted by atomic mass is 9.94. The van der Waals surface area contributed by atoms with Gasteiger partial charge in [-0.05, 0) is 111 Å². The van der Waals surface area contributed by atoms with Crippen molar-refractivity contribution < 1.29 is 18.3 Å². The Morgan fingerprint density at radius 2 is 1.53 bits per heavy atom. The number of anilines is 1. The number of pyridine rings is 1. The number of fused-ring (bicyclic) bond motifs is 4. The van der Waals surface area contributed by atoms with Crippen molar-refractivity contribution in [2.24, 2.45) is 17.3 Å². The number of hydrogen-bond donors (Lipinski definition) is 0. The minimum atomic E-state index is -2.25. The van der Waals surface area contributed by atoms with Gasteiger partial charge in [-0.1, -0.05) is 59.6 Å². The second kappa shape index (κ2) is 16.8. The maximum Gasteiger partial charge on any atom is 0.319 e. The highest BCUT2D eigenvalue weighted by Gasteiger charge is 2.46. The molecule has 0 amide bonds. The lowest BCUT2D eigenvalue weighted by Crippen LogP contribution is -2.47. The van der Waals surface area contributed by atoms with Crippen LogP contribution >= 0.6 is 0 Å². The number of hydrogen-bond acceptors (Lipinski definition) is 8. The van der Waals surface area contributed by atoms with Gasteiger partial charge in [0.15, 0.2) is 5.82 Å². The second-order valence-electron chi connectivity index (χ2n) is 20.1. The van der Waals surface area contributed by atoms with Crippen molar-refractivity contribution in [2.45, 2.75) is 117 Å². The summed E-state index contributed by atoms with van der Waals surface area (Å²) in [5, 5.41) is 1.79. The summed E-state index contributed by atoms with van der Waals surface area (Å²) in [5.74, 6) is 4.39. The topological polar surface area (TPSA) is 66.9 Å². The second-order valence-corrected chi connectivity index (χ2v) is 25.7. The number of piperidine rings is 1. The molecule has 4 aliphatic rings. The summed E-state index contributed by atoms with van der Waals surface area (Å²) in [6.45, 7) is 26.7. The standard InChI is InChI=1S/C49H66F2N6O2Si/c1-30(2)59-47-42-45(53-48(54-46(42)57-26-35-11-12-36(25-35)27-57)58-29-49(16-17-49)28-56-20-18-55(10)19-21-56)43(51)44(52-47)39-24-34(9)23-37-13-14-40(50)38(41(37)39)15-22-60(31(3)4,32(5)6)33(7)8/h13-14,23-24,30-33,35-36H,11-12,16-21,25-29H2,1-10H3. The fraction of sp³-hybridized carbons (Fsp3) is 0.612. The predicted molar refractivity (Wildman–Crippen MR) is 243 cm³/mol. The van der Waals surface area contributed by atoms with Gasteiger partial charge in [-0.2, -0.15) is 9.97 Å². The van der Waals surface area contributed by atoms with Crippen LogP contribution in [-0.4, -0.2) is 98.4 Å². The van der Waals surface area contributed by atoms with E-state index < -0.39 is 19.7 Å².